The molecule has 0 bridgehead atoms. The Hall–Kier alpha value is -2.33. The predicted octanol–water partition coefficient (Wildman–Crippen LogP) is 4.00. The Morgan fingerprint density at radius 2 is 1.60 bits per heavy atom. The van der Waals surface area contributed by atoms with Crippen molar-refractivity contribution in [2.75, 3.05) is 32.6 Å². The third-order valence-electron chi connectivity index (χ3n) is 4.15. The lowest BCUT2D eigenvalue weighted by Gasteiger charge is -2.14. The van der Waals surface area contributed by atoms with E-state index in [4.69, 9.17) is 4.74 Å². The quantitative estimate of drug-likeness (QED) is 0.789. The number of hydrogen-bond acceptors (Lipinski definition) is 3. The molecule has 1 amide bonds. The van der Waals surface area contributed by atoms with Crippen LogP contribution in [0.25, 0.3) is 0 Å². The van der Waals surface area contributed by atoms with Crippen LogP contribution in [0.3, 0.4) is 0 Å². The number of carbonyl (C=O) groups is 1. The fraction of sp³-hybridized carbons (Fsp3) is 0.381. The predicted molar refractivity (Wildman–Crippen MR) is 104 cm³/mol. The van der Waals surface area contributed by atoms with Gasteiger partial charge in [0, 0.05) is 17.8 Å². The summed E-state index contributed by atoms with van der Waals surface area (Å²) in [7, 11) is 4.03. The molecule has 0 spiro atoms. The monoisotopic (exact) mass is 340 g/mol. The molecule has 2 rings (SSSR count). The van der Waals surface area contributed by atoms with E-state index in [9.17, 15) is 4.79 Å². The Morgan fingerprint density at radius 3 is 2.12 bits per heavy atom. The zero-order valence-electron chi connectivity index (χ0n) is 15.6. The van der Waals surface area contributed by atoms with Crippen LogP contribution >= 0.6 is 0 Å². The molecule has 4 heteroatoms. The Morgan fingerprint density at radius 1 is 1.00 bits per heavy atom. The Bertz CT molecular complexity index is 671. The third kappa shape index (κ3) is 5.33. The number of amides is 1. The Kier molecular flexibility index (Phi) is 7.02. The van der Waals surface area contributed by atoms with Crippen molar-refractivity contribution in [2.45, 2.75) is 26.7 Å². The van der Waals surface area contributed by atoms with Gasteiger partial charge < -0.3 is 15.0 Å². The maximum atomic E-state index is 12.8. The lowest BCUT2D eigenvalue weighted by atomic mass is 9.97. The van der Waals surface area contributed by atoms with Gasteiger partial charge in [0.2, 0.25) is 0 Å². The minimum Gasteiger partial charge on any atom is -0.492 e. The van der Waals surface area contributed by atoms with Crippen molar-refractivity contribution in [1.29, 1.82) is 0 Å². The van der Waals surface area contributed by atoms with E-state index in [1.807, 2.05) is 56.6 Å². The van der Waals surface area contributed by atoms with Gasteiger partial charge in [0.05, 0.1) is 0 Å². The second kappa shape index (κ2) is 9.23. The van der Waals surface area contributed by atoms with E-state index in [-0.39, 0.29) is 5.91 Å². The Balaban J connectivity index is 2.06. The minimum atomic E-state index is -0.0458. The molecule has 0 aliphatic heterocycles. The number of aryl methyl sites for hydroxylation is 2. The normalized spacial score (nSPS) is 10.8. The summed E-state index contributed by atoms with van der Waals surface area (Å²) in [5.41, 5.74) is 3.75. The fourth-order valence-electron chi connectivity index (χ4n) is 2.71. The molecule has 1 N–H and O–H groups in total. The molecule has 0 radical (unpaired) electrons. The van der Waals surface area contributed by atoms with E-state index in [1.54, 1.807) is 0 Å². The third-order valence-corrected chi connectivity index (χ3v) is 4.15. The highest BCUT2D eigenvalue weighted by molar-refractivity contribution is 6.06. The molecule has 4 nitrogen and oxygen atoms in total. The summed E-state index contributed by atoms with van der Waals surface area (Å²) in [5, 5.41) is 3.01. The van der Waals surface area contributed by atoms with Gasteiger partial charge in [0.1, 0.15) is 12.4 Å². The van der Waals surface area contributed by atoms with Gasteiger partial charge in [-0.15, -0.1) is 0 Å². The molecule has 0 saturated carbocycles. The number of benzene rings is 2. The van der Waals surface area contributed by atoms with E-state index in [0.29, 0.717) is 6.61 Å². The largest absolute Gasteiger partial charge is 0.492 e. The van der Waals surface area contributed by atoms with Crippen molar-refractivity contribution >= 4 is 11.6 Å². The molecule has 0 aliphatic rings. The highest BCUT2D eigenvalue weighted by atomic mass is 16.5. The number of carbonyl (C=O) groups excluding carboxylic acids is 1. The number of ether oxygens (including phenoxy) is 1. The lowest BCUT2D eigenvalue weighted by molar-refractivity contribution is 0.102. The maximum Gasteiger partial charge on any atom is 0.256 e. The molecule has 0 atom stereocenters. The highest BCUT2D eigenvalue weighted by Crippen LogP contribution is 2.20. The molecular formula is C21H28N2O2. The molecule has 25 heavy (non-hydrogen) atoms. The van der Waals surface area contributed by atoms with Crippen LogP contribution in [-0.2, 0) is 12.8 Å². The van der Waals surface area contributed by atoms with Crippen molar-refractivity contribution in [3.8, 4) is 5.75 Å². The van der Waals surface area contributed by atoms with Crippen molar-refractivity contribution < 1.29 is 9.53 Å². The van der Waals surface area contributed by atoms with Gasteiger partial charge in [-0.2, -0.15) is 0 Å². The molecule has 2 aromatic carbocycles. The first-order valence-corrected chi connectivity index (χ1v) is 8.84. The second-order valence-electron chi connectivity index (χ2n) is 6.29. The first kappa shape index (κ1) is 19.0. The summed E-state index contributed by atoms with van der Waals surface area (Å²) in [5.74, 6) is 0.763. The molecule has 0 fully saturated rings. The smallest absolute Gasteiger partial charge is 0.256 e. The van der Waals surface area contributed by atoms with Crippen molar-refractivity contribution in [1.82, 2.24) is 4.90 Å². The number of nitrogens with one attached hydrogen (secondary N) is 1. The van der Waals surface area contributed by atoms with Crippen LogP contribution in [0.4, 0.5) is 5.69 Å². The van der Waals surface area contributed by atoms with E-state index < -0.39 is 0 Å². The molecule has 2 aromatic rings. The van der Waals surface area contributed by atoms with E-state index in [0.717, 1.165) is 47.5 Å². The fourth-order valence-corrected chi connectivity index (χ4v) is 2.71. The van der Waals surface area contributed by atoms with Gasteiger partial charge in [-0.05, 0) is 62.3 Å². The average Bonchev–Trinajstić information content (AvgIpc) is 2.62. The van der Waals surface area contributed by atoms with Crippen molar-refractivity contribution in [2.24, 2.45) is 0 Å². The highest BCUT2D eigenvalue weighted by Gasteiger charge is 2.14. The van der Waals surface area contributed by atoms with Gasteiger partial charge in [-0.25, -0.2) is 0 Å². The summed E-state index contributed by atoms with van der Waals surface area (Å²) < 4.78 is 5.68. The standard InChI is InChI=1S/C21H28N2O2/c1-5-16-8-7-9-17(6-2)20(16)21(24)22-18-10-12-19(13-11-18)25-15-14-23(3)4/h7-13H,5-6,14-15H2,1-4H3,(H,22,24). The molecule has 0 aliphatic carbocycles. The molecule has 0 unspecified atom stereocenters. The molecule has 0 heterocycles. The van der Waals surface area contributed by atoms with Crippen LogP contribution in [0.1, 0.15) is 35.3 Å². The molecule has 134 valence electrons. The SMILES string of the molecule is CCc1cccc(CC)c1C(=O)Nc1ccc(OCCN(C)C)cc1. The Labute approximate surface area is 150 Å². The van der Waals surface area contributed by atoms with Crippen LogP contribution in [-0.4, -0.2) is 38.1 Å². The first-order chi connectivity index (χ1) is 12.0. The lowest BCUT2D eigenvalue weighted by Crippen LogP contribution is -2.19. The van der Waals surface area contributed by atoms with E-state index in [1.165, 1.54) is 0 Å². The van der Waals surface area contributed by atoms with Crippen LogP contribution in [0.5, 0.6) is 5.75 Å². The van der Waals surface area contributed by atoms with E-state index >= 15 is 0 Å². The summed E-state index contributed by atoms with van der Waals surface area (Å²) >= 11 is 0. The molecule has 0 aromatic heterocycles. The van der Waals surface area contributed by atoms with Gasteiger partial charge in [0.25, 0.3) is 5.91 Å². The maximum absolute atomic E-state index is 12.8. The van der Waals surface area contributed by atoms with Gasteiger partial charge >= 0.3 is 0 Å². The van der Waals surface area contributed by atoms with Crippen molar-refractivity contribution in [3.05, 3.63) is 59.2 Å². The first-order valence-electron chi connectivity index (χ1n) is 8.84. The molecular weight excluding hydrogens is 312 g/mol. The summed E-state index contributed by atoms with van der Waals surface area (Å²) in [6, 6.07) is 13.6. The van der Waals surface area contributed by atoms with Crippen LogP contribution in [0.15, 0.2) is 42.5 Å². The van der Waals surface area contributed by atoms with Gasteiger partial charge in [-0.3, -0.25) is 4.79 Å². The summed E-state index contributed by atoms with van der Waals surface area (Å²) in [6.45, 7) is 5.66. The second-order valence-corrected chi connectivity index (χ2v) is 6.29. The average molecular weight is 340 g/mol. The molecule has 0 saturated heterocycles. The van der Waals surface area contributed by atoms with Crippen LogP contribution in [0, 0.1) is 0 Å². The number of rotatable bonds is 8. The minimum absolute atomic E-state index is 0.0458. The van der Waals surface area contributed by atoms with Crippen LogP contribution in [0.2, 0.25) is 0 Å². The summed E-state index contributed by atoms with van der Waals surface area (Å²) in [4.78, 5) is 14.8. The van der Waals surface area contributed by atoms with E-state index in [2.05, 4.69) is 24.1 Å². The number of anilines is 1. The van der Waals surface area contributed by atoms with Crippen LogP contribution < -0.4 is 10.1 Å². The number of nitrogens with zero attached hydrogens (tertiary/aromatic N) is 1. The zero-order valence-corrected chi connectivity index (χ0v) is 15.6. The van der Waals surface area contributed by atoms with Crippen molar-refractivity contribution in [3.63, 3.8) is 0 Å². The number of likely N-dealkylation sites (N-methyl/N-ethyl adjacent to an activating group) is 1. The van der Waals surface area contributed by atoms with Gasteiger partial charge in [0.15, 0.2) is 0 Å². The number of hydrogen-bond donors (Lipinski definition) is 1. The zero-order chi connectivity index (χ0) is 18.2. The van der Waals surface area contributed by atoms with Gasteiger partial charge in [-0.1, -0.05) is 32.0 Å². The topological polar surface area (TPSA) is 41.6 Å². The summed E-state index contributed by atoms with van der Waals surface area (Å²) in [6.07, 6.45) is 1.69.